The molecule has 3 amide bonds. The lowest BCUT2D eigenvalue weighted by molar-refractivity contribution is -0.126. The topological polar surface area (TPSA) is 81.7 Å². The number of urea groups is 1. The van der Waals surface area contributed by atoms with E-state index in [1.54, 1.807) is 18.2 Å². The van der Waals surface area contributed by atoms with Gasteiger partial charge < -0.3 is 20.6 Å². The first-order chi connectivity index (χ1) is 13.3. The number of anilines is 1. The second kappa shape index (κ2) is 8.12. The molecular formula is C19H18ClF2N3O3. The van der Waals surface area contributed by atoms with Gasteiger partial charge in [0.25, 0.3) is 0 Å². The van der Waals surface area contributed by atoms with Gasteiger partial charge in [-0.25, -0.2) is 13.6 Å². The molecule has 0 bridgehead atoms. The molecule has 0 aromatic heterocycles. The maximum Gasteiger partial charge on any atom is 0.322 e. The minimum Gasteiger partial charge on any atom is -0.394 e. The number of carbonyl (C=O) groups is 2. The summed E-state index contributed by atoms with van der Waals surface area (Å²) >= 11 is 6.17. The molecule has 148 valence electrons. The fraction of sp³-hybridized carbons (Fsp3) is 0.263. The Hall–Kier alpha value is -2.71. The van der Waals surface area contributed by atoms with Gasteiger partial charge in [0.1, 0.15) is 17.7 Å². The molecule has 0 unspecified atom stereocenters. The van der Waals surface area contributed by atoms with Gasteiger partial charge >= 0.3 is 6.03 Å². The molecule has 1 heterocycles. The van der Waals surface area contributed by atoms with Gasteiger partial charge in [-0.15, -0.1) is 0 Å². The lowest BCUT2D eigenvalue weighted by atomic mass is 10.1. The normalized spacial score (nSPS) is 15.5. The third kappa shape index (κ3) is 3.93. The number of benzene rings is 2. The summed E-state index contributed by atoms with van der Waals surface area (Å²) in [6, 6.07) is 5.46. The number of carbonyl (C=O) groups excluding carboxylic acids is 2. The first-order valence-corrected chi connectivity index (χ1v) is 8.90. The Bertz CT molecular complexity index is 925. The fourth-order valence-electron chi connectivity index (χ4n) is 3.02. The smallest absolute Gasteiger partial charge is 0.322 e. The zero-order valence-corrected chi connectivity index (χ0v) is 15.6. The minimum absolute atomic E-state index is 0.0547. The van der Waals surface area contributed by atoms with Crippen LogP contribution in [0.25, 0.3) is 0 Å². The molecule has 3 rings (SSSR count). The lowest BCUT2D eigenvalue weighted by Gasteiger charge is -2.34. The van der Waals surface area contributed by atoms with E-state index in [1.165, 1.54) is 11.8 Å². The van der Waals surface area contributed by atoms with Gasteiger partial charge in [-0.3, -0.25) is 4.79 Å². The first kappa shape index (κ1) is 20.0. The van der Waals surface area contributed by atoms with E-state index < -0.39 is 42.3 Å². The number of nitrogens with one attached hydrogen (secondary N) is 2. The van der Waals surface area contributed by atoms with Gasteiger partial charge in [0.05, 0.1) is 19.2 Å². The van der Waals surface area contributed by atoms with Gasteiger partial charge in [0.15, 0.2) is 0 Å². The van der Waals surface area contributed by atoms with E-state index in [9.17, 15) is 23.5 Å². The molecule has 0 fully saturated rings. The van der Waals surface area contributed by atoms with Crippen molar-refractivity contribution in [2.45, 2.75) is 25.6 Å². The summed E-state index contributed by atoms with van der Waals surface area (Å²) in [6.07, 6.45) is 0. The van der Waals surface area contributed by atoms with Gasteiger partial charge in [0, 0.05) is 27.9 Å². The molecule has 3 N–H and O–H groups in total. The third-order valence-corrected chi connectivity index (χ3v) is 4.99. The van der Waals surface area contributed by atoms with E-state index in [0.29, 0.717) is 22.3 Å². The predicted octanol–water partition coefficient (Wildman–Crippen LogP) is 3.20. The Balaban J connectivity index is 1.76. The van der Waals surface area contributed by atoms with Crippen LogP contribution in [0, 0.1) is 11.6 Å². The summed E-state index contributed by atoms with van der Waals surface area (Å²) in [5, 5.41) is 15.2. The van der Waals surface area contributed by atoms with E-state index in [0.717, 1.165) is 12.1 Å². The molecule has 28 heavy (non-hydrogen) atoms. The van der Waals surface area contributed by atoms with Crippen molar-refractivity contribution >= 4 is 29.2 Å². The number of hydrogen-bond donors (Lipinski definition) is 3. The summed E-state index contributed by atoms with van der Waals surface area (Å²) < 4.78 is 27.1. The number of halogens is 3. The average molecular weight is 410 g/mol. The second-order valence-electron chi connectivity index (χ2n) is 6.41. The molecule has 2 aromatic rings. The quantitative estimate of drug-likeness (QED) is 0.709. The van der Waals surface area contributed by atoms with Crippen LogP contribution < -0.4 is 10.6 Å². The number of aliphatic hydroxyl groups excluding tert-OH is 1. The summed E-state index contributed by atoms with van der Waals surface area (Å²) in [5.74, 6) is -2.25. The Morgan fingerprint density at radius 1 is 1.36 bits per heavy atom. The predicted molar refractivity (Wildman–Crippen MR) is 99.8 cm³/mol. The lowest BCUT2D eigenvalue weighted by Crippen LogP contribution is -2.51. The van der Waals surface area contributed by atoms with Crippen LogP contribution in [0.5, 0.6) is 0 Å². The van der Waals surface area contributed by atoms with Crippen LogP contribution in [0.15, 0.2) is 36.4 Å². The number of hydrogen-bond acceptors (Lipinski definition) is 3. The molecule has 1 aliphatic heterocycles. The molecule has 2 aromatic carbocycles. The SMILES string of the molecule is C[C@@H](C(=O)N[C@@H](CO)c1ccc(F)cc1F)N1Cc2c(Cl)cccc2NC1=O. The van der Waals surface area contributed by atoms with Crippen molar-refractivity contribution in [2.24, 2.45) is 0 Å². The molecule has 2 atom stereocenters. The van der Waals surface area contributed by atoms with Crippen molar-refractivity contribution in [3.05, 3.63) is 64.2 Å². The van der Waals surface area contributed by atoms with Gasteiger partial charge in [-0.2, -0.15) is 0 Å². The van der Waals surface area contributed by atoms with E-state index in [2.05, 4.69) is 10.6 Å². The molecule has 0 spiro atoms. The van der Waals surface area contributed by atoms with Gasteiger partial charge in [-0.1, -0.05) is 23.7 Å². The number of amides is 3. The molecule has 0 saturated heterocycles. The highest BCUT2D eigenvalue weighted by Crippen LogP contribution is 2.30. The highest BCUT2D eigenvalue weighted by Gasteiger charge is 2.32. The molecule has 0 radical (unpaired) electrons. The second-order valence-corrected chi connectivity index (χ2v) is 6.82. The molecule has 0 saturated carbocycles. The van der Waals surface area contributed by atoms with Crippen LogP contribution in [0.2, 0.25) is 5.02 Å². The molecule has 6 nitrogen and oxygen atoms in total. The zero-order valence-electron chi connectivity index (χ0n) is 14.9. The molecule has 1 aliphatic rings. The minimum atomic E-state index is -1.08. The number of fused-ring (bicyclic) bond motifs is 1. The van der Waals surface area contributed by atoms with Crippen LogP contribution in [0.1, 0.15) is 24.1 Å². The summed E-state index contributed by atoms with van der Waals surface area (Å²) in [6.45, 7) is 1.03. The number of aliphatic hydroxyl groups is 1. The number of nitrogens with zero attached hydrogens (tertiary/aromatic N) is 1. The standard InChI is InChI=1S/C19H18ClF2N3O3/c1-10(25-8-13-14(20)3-2-4-16(13)24-19(25)28)18(27)23-17(9-26)12-6-5-11(21)7-15(12)22/h2-7,10,17,26H,8-9H2,1H3,(H,23,27)(H,24,28)/t10-,17-/m0/s1. The Morgan fingerprint density at radius 3 is 2.79 bits per heavy atom. The first-order valence-electron chi connectivity index (χ1n) is 8.53. The van der Waals surface area contributed by atoms with Crippen molar-refractivity contribution in [3.8, 4) is 0 Å². The van der Waals surface area contributed by atoms with Crippen molar-refractivity contribution in [1.82, 2.24) is 10.2 Å². The third-order valence-electron chi connectivity index (χ3n) is 4.63. The molecule has 9 heteroatoms. The molecular weight excluding hydrogens is 392 g/mol. The van der Waals surface area contributed by atoms with Gasteiger partial charge in [-0.05, 0) is 25.1 Å². The average Bonchev–Trinajstić information content (AvgIpc) is 2.65. The Kier molecular flexibility index (Phi) is 5.81. The van der Waals surface area contributed by atoms with Crippen molar-refractivity contribution in [3.63, 3.8) is 0 Å². The maximum atomic E-state index is 14.0. The van der Waals surface area contributed by atoms with E-state index in [1.807, 2.05) is 0 Å². The van der Waals surface area contributed by atoms with E-state index in [-0.39, 0.29) is 12.1 Å². The largest absolute Gasteiger partial charge is 0.394 e. The summed E-state index contributed by atoms with van der Waals surface area (Å²) in [4.78, 5) is 26.3. The number of rotatable bonds is 5. The Morgan fingerprint density at radius 2 is 2.11 bits per heavy atom. The maximum absolute atomic E-state index is 14.0. The molecule has 0 aliphatic carbocycles. The van der Waals surface area contributed by atoms with Crippen LogP contribution in [0.3, 0.4) is 0 Å². The van der Waals surface area contributed by atoms with Crippen LogP contribution in [-0.4, -0.2) is 34.6 Å². The van der Waals surface area contributed by atoms with Crippen molar-refractivity contribution in [1.29, 1.82) is 0 Å². The van der Waals surface area contributed by atoms with Crippen LogP contribution in [-0.2, 0) is 11.3 Å². The highest BCUT2D eigenvalue weighted by molar-refractivity contribution is 6.32. The van der Waals surface area contributed by atoms with E-state index >= 15 is 0 Å². The summed E-state index contributed by atoms with van der Waals surface area (Å²) in [7, 11) is 0. The van der Waals surface area contributed by atoms with Gasteiger partial charge in [0.2, 0.25) is 5.91 Å². The van der Waals surface area contributed by atoms with Crippen LogP contribution >= 0.6 is 11.6 Å². The fourth-order valence-corrected chi connectivity index (χ4v) is 3.25. The monoisotopic (exact) mass is 409 g/mol. The van der Waals surface area contributed by atoms with Crippen LogP contribution in [0.4, 0.5) is 19.3 Å². The van der Waals surface area contributed by atoms with Crippen molar-refractivity contribution < 1.29 is 23.5 Å². The zero-order chi connectivity index (χ0) is 20.4. The highest BCUT2D eigenvalue weighted by atomic mass is 35.5. The van der Waals surface area contributed by atoms with Crippen molar-refractivity contribution in [2.75, 3.05) is 11.9 Å². The van der Waals surface area contributed by atoms with E-state index in [4.69, 9.17) is 11.6 Å². The Labute approximate surface area is 165 Å². The summed E-state index contributed by atoms with van der Waals surface area (Å²) in [5.41, 5.74) is 1.19.